The molecule has 0 saturated carbocycles. The summed E-state index contributed by atoms with van der Waals surface area (Å²) < 4.78 is 0. The molecule has 0 radical (unpaired) electrons. The summed E-state index contributed by atoms with van der Waals surface area (Å²) in [6.45, 7) is 4.94. The fourth-order valence-corrected chi connectivity index (χ4v) is 2.56. The molecule has 0 spiro atoms. The molecule has 0 aliphatic carbocycles. The lowest BCUT2D eigenvalue weighted by atomic mass is 10.0. The number of nitrogens with zero attached hydrogens (tertiary/aromatic N) is 1. The second-order valence-corrected chi connectivity index (χ2v) is 5.37. The van der Waals surface area contributed by atoms with Crippen molar-refractivity contribution in [1.29, 1.82) is 0 Å². The molecule has 2 nitrogen and oxygen atoms in total. The minimum atomic E-state index is 0.396. The van der Waals surface area contributed by atoms with Crippen molar-refractivity contribution in [3.05, 3.63) is 57.8 Å². The molecule has 2 aromatic rings. The summed E-state index contributed by atoms with van der Waals surface area (Å²) in [5.41, 5.74) is 3.16. The highest BCUT2D eigenvalue weighted by molar-refractivity contribution is 6.34. The second-order valence-electron chi connectivity index (χ2n) is 4.62. The number of halogens is 2. The van der Waals surface area contributed by atoms with Crippen LogP contribution in [0.4, 0.5) is 5.69 Å². The standard InChI is InChI=1S/C15H16Cl2N2/c1-10-8-13(16)19-15(17)14(10)18-9-11(2)12-6-4-3-5-7-12/h3-8,11,18H,9H2,1-2H3. The molecule has 1 heterocycles. The van der Waals surface area contributed by atoms with Gasteiger partial charge in [0.1, 0.15) is 5.15 Å². The van der Waals surface area contributed by atoms with Gasteiger partial charge >= 0.3 is 0 Å². The Morgan fingerprint density at radius 2 is 1.89 bits per heavy atom. The number of nitrogens with one attached hydrogen (secondary N) is 1. The molecule has 1 aromatic carbocycles. The average Bonchev–Trinajstić information content (AvgIpc) is 2.38. The number of benzene rings is 1. The lowest BCUT2D eigenvalue weighted by Crippen LogP contribution is -2.11. The predicted octanol–water partition coefficient (Wildman–Crippen LogP) is 4.91. The summed E-state index contributed by atoms with van der Waals surface area (Å²) in [5.74, 6) is 0.396. The predicted molar refractivity (Wildman–Crippen MR) is 82.3 cm³/mol. The van der Waals surface area contributed by atoms with Crippen molar-refractivity contribution >= 4 is 28.9 Å². The van der Waals surface area contributed by atoms with Crippen molar-refractivity contribution in [2.45, 2.75) is 19.8 Å². The van der Waals surface area contributed by atoms with Gasteiger partial charge in [0, 0.05) is 6.54 Å². The van der Waals surface area contributed by atoms with Crippen LogP contribution in [-0.4, -0.2) is 11.5 Å². The van der Waals surface area contributed by atoms with Gasteiger partial charge in [-0.05, 0) is 30.0 Å². The van der Waals surface area contributed by atoms with E-state index in [2.05, 4.69) is 29.4 Å². The highest BCUT2D eigenvalue weighted by atomic mass is 35.5. The molecule has 19 heavy (non-hydrogen) atoms. The van der Waals surface area contributed by atoms with Crippen LogP contribution in [0.25, 0.3) is 0 Å². The molecule has 0 saturated heterocycles. The minimum absolute atomic E-state index is 0.396. The molecule has 0 fully saturated rings. The molecule has 0 amide bonds. The number of hydrogen-bond acceptors (Lipinski definition) is 2. The van der Waals surface area contributed by atoms with Crippen molar-refractivity contribution < 1.29 is 0 Å². The van der Waals surface area contributed by atoms with Crippen LogP contribution >= 0.6 is 23.2 Å². The molecule has 0 aliphatic rings. The molecule has 1 aromatic heterocycles. The van der Waals surface area contributed by atoms with Gasteiger partial charge in [0.05, 0.1) is 5.69 Å². The zero-order chi connectivity index (χ0) is 13.8. The van der Waals surface area contributed by atoms with Gasteiger partial charge in [-0.15, -0.1) is 0 Å². The van der Waals surface area contributed by atoms with Gasteiger partial charge in [0.2, 0.25) is 0 Å². The Morgan fingerprint density at radius 1 is 1.21 bits per heavy atom. The van der Waals surface area contributed by atoms with Crippen LogP contribution in [0.2, 0.25) is 10.3 Å². The number of aromatic nitrogens is 1. The number of hydrogen-bond donors (Lipinski definition) is 1. The molecule has 0 aliphatic heterocycles. The SMILES string of the molecule is Cc1cc(Cl)nc(Cl)c1NCC(C)c1ccccc1. The monoisotopic (exact) mass is 294 g/mol. The van der Waals surface area contributed by atoms with Crippen LogP contribution in [0.15, 0.2) is 36.4 Å². The molecule has 0 bridgehead atoms. The third-order valence-corrected chi connectivity index (χ3v) is 3.56. The van der Waals surface area contributed by atoms with Gasteiger partial charge in [-0.1, -0.05) is 60.5 Å². The summed E-state index contributed by atoms with van der Waals surface area (Å²) in [6, 6.07) is 12.2. The van der Waals surface area contributed by atoms with Crippen LogP contribution in [-0.2, 0) is 0 Å². The summed E-state index contributed by atoms with van der Waals surface area (Å²) in [6.07, 6.45) is 0. The third-order valence-electron chi connectivity index (χ3n) is 3.09. The molecule has 1 N–H and O–H groups in total. The lowest BCUT2D eigenvalue weighted by Gasteiger charge is -2.16. The van der Waals surface area contributed by atoms with Gasteiger partial charge < -0.3 is 5.32 Å². The Kier molecular flexibility index (Phi) is 4.67. The number of aryl methyl sites for hydroxylation is 1. The molecular formula is C15H16Cl2N2. The van der Waals surface area contributed by atoms with Gasteiger partial charge in [-0.3, -0.25) is 0 Å². The van der Waals surface area contributed by atoms with E-state index in [1.165, 1.54) is 5.56 Å². The van der Waals surface area contributed by atoms with E-state index < -0.39 is 0 Å². The van der Waals surface area contributed by atoms with E-state index in [1.54, 1.807) is 0 Å². The van der Waals surface area contributed by atoms with E-state index >= 15 is 0 Å². The molecular weight excluding hydrogens is 279 g/mol. The Balaban J connectivity index is 2.07. The number of rotatable bonds is 4. The maximum absolute atomic E-state index is 6.11. The zero-order valence-electron chi connectivity index (χ0n) is 11.0. The first-order valence-corrected chi connectivity index (χ1v) is 6.95. The first-order valence-electron chi connectivity index (χ1n) is 6.19. The Bertz CT molecular complexity index is 532. The second kappa shape index (κ2) is 6.27. The van der Waals surface area contributed by atoms with E-state index in [-0.39, 0.29) is 0 Å². The van der Waals surface area contributed by atoms with Crippen molar-refractivity contribution in [2.24, 2.45) is 0 Å². The van der Waals surface area contributed by atoms with E-state index in [1.807, 2.05) is 31.2 Å². The minimum Gasteiger partial charge on any atom is -0.382 e. The van der Waals surface area contributed by atoms with Crippen molar-refractivity contribution in [2.75, 3.05) is 11.9 Å². The Hall–Kier alpha value is -1.25. The first kappa shape index (κ1) is 14.2. The smallest absolute Gasteiger partial charge is 0.154 e. The Labute approximate surface area is 123 Å². The first-order chi connectivity index (χ1) is 9.08. The molecule has 4 heteroatoms. The molecule has 2 rings (SSSR count). The average molecular weight is 295 g/mol. The maximum atomic E-state index is 6.11. The van der Waals surface area contributed by atoms with Crippen LogP contribution < -0.4 is 5.32 Å². The van der Waals surface area contributed by atoms with Crippen molar-refractivity contribution in [1.82, 2.24) is 4.98 Å². The Morgan fingerprint density at radius 3 is 2.53 bits per heavy atom. The fraction of sp³-hybridized carbons (Fsp3) is 0.267. The quantitative estimate of drug-likeness (QED) is 0.810. The van der Waals surface area contributed by atoms with Crippen LogP contribution in [0.1, 0.15) is 24.0 Å². The highest BCUT2D eigenvalue weighted by Gasteiger charge is 2.10. The normalized spacial score (nSPS) is 12.2. The number of pyridine rings is 1. The van der Waals surface area contributed by atoms with Gasteiger partial charge in [-0.25, -0.2) is 4.98 Å². The summed E-state index contributed by atoms with van der Waals surface area (Å²) >= 11 is 12.0. The van der Waals surface area contributed by atoms with Crippen molar-refractivity contribution in [3.8, 4) is 0 Å². The van der Waals surface area contributed by atoms with Crippen LogP contribution in [0, 0.1) is 6.92 Å². The van der Waals surface area contributed by atoms with E-state index in [0.717, 1.165) is 17.8 Å². The van der Waals surface area contributed by atoms with Crippen molar-refractivity contribution in [3.63, 3.8) is 0 Å². The molecule has 1 unspecified atom stereocenters. The topological polar surface area (TPSA) is 24.9 Å². The largest absolute Gasteiger partial charge is 0.382 e. The molecule has 1 atom stereocenters. The number of anilines is 1. The fourth-order valence-electron chi connectivity index (χ4n) is 1.96. The summed E-state index contributed by atoms with van der Waals surface area (Å²) in [7, 11) is 0. The van der Waals surface area contributed by atoms with E-state index in [9.17, 15) is 0 Å². The molecule has 100 valence electrons. The van der Waals surface area contributed by atoms with Gasteiger partial charge in [0.15, 0.2) is 5.15 Å². The lowest BCUT2D eigenvalue weighted by molar-refractivity contribution is 0.803. The third kappa shape index (κ3) is 3.62. The van der Waals surface area contributed by atoms with Crippen LogP contribution in [0.5, 0.6) is 0 Å². The van der Waals surface area contributed by atoms with Gasteiger partial charge in [0.25, 0.3) is 0 Å². The van der Waals surface area contributed by atoms with E-state index in [4.69, 9.17) is 23.2 Å². The van der Waals surface area contributed by atoms with Crippen LogP contribution in [0.3, 0.4) is 0 Å². The van der Waals surface area contributed by atoms with Gasteiger partial charge in [-0.2, -0.15) is 0 Å². The van der Waals surface area contributed by atoms with E-state index in [0.29, 0.717) is 16.2 Å². The summed E-state index contributed by atoms with van der Waals surface area (Å²) in [4.78, 5) is 4.05. The highest BCUT2D eigenvalue weighted by Crippen LogP contribution is 2.27. The summed E-state index contributed by atoms with van der Waals surface area (Å²) in [5, 5.41) is 4.20. The maximum Gasteiger partial charge on any atom is 0.154 e. The zero-order valence-corrected chi connectivity index (χ0v) is 12.5.